The molecule has 0 aliphatic carbocycles. The Balaban J connectivity index is 3.39. The molecular weight excluding hydrogens is 313 g/mol. The van der Waals surface area contributed by atoms with Crippen molar-refractivity contribution in [3.8, 4) is 0 Å². The fourth-order valence-corrected chi connectivity index (χ4v) is 2.31. The molecule has 0 spiro atoms. The summed E-state index contributed by atoms with van der Waals surface area (Å²) >= 11 is 3.32. The van der Waals surface area contributed by atoms with Gasteiger partial charge in [-0.15, -0.1) is 0 Å². The Morgan fingerprint density at radius 1 is 1.42 bits per heavy atom. The minimum atomic E-state index is -0.867. The van der Waals surface area contributed by atoms with Crippen LogP contribution in [0.3, 0.4) is 0 Å². The maximum atomic E-state index is 14.1. The van der Waals surface area contributed by atoms with E-state index in [1.165, 1.54) is 13.2 Å². The molecule has 19 heavy (non-hydrogen) atoms. The molecule has 3 nitrogen and oxygen atoms in total. The average Bonchev–Trinajstić information content (AvgIpc) is 2.30. The van der Waals surface area contributed by atoms with Crippen LogP contribution in [0.4, 0.5) is 4.39 Å². The van der Waals surface area contributed by atoms with Gasteiger partial charge in [0.15, 0.2) is 0 Å². The van der Waals surface area contributed by atoms with Gasteiger partial charge in [0.25, 0.3) is 0 Å². The number of benzene rings is 1. The SMILES string of the molecule is COC(=O)CC(C)(c1cc(Br)ccc1F)C(C)(C)N. The lowest BCUT2D eigenvalue weighted by atomic mass is 9.66. The number of halogens is 2. The fourth-order valence-electron chi connectivity index (χ4n) is 1.95. The minimum Gasteiger partial charge on any atom is -0.469 e. The summed E-state index contributed by atoms with van der Waals surface area (Å²) in [6, 6.07) is 4.63. The summed E-state index contributed by atoms with van der Waals surface area (Å²) in [4.78, 5) is 11.6. The van der Waals surface area contributed by atoms with Crippen LogP contribution in [0, 0.1) is 5.82 Å². The first kappa shape index (κ1) is 16.1. The van der Waals surface area contributed by atoms with E-state index in [4.69, 9.17) is 10.5 Å². The van der Waals surface area contributed by atoms with Crippen molar-refractivity contribution < 1.29 is 13.9 Å². The van der Waals surface area contributed by atoms with Crippen molar-refractivity contribution in [2.75, 3.05) is 7.11 Å². The molecule has 1 rings (SSSR count). The topological polar surface area (TPSA) is 52.3 Å². The number of carbonyl (C=O) groups is 1. The zero-order valence-electron chi connectivity index (χ0n) is 11.6. The summed E-state index contributed by atoms with van der Waals surface area (Å²) in [7, 11) is 1.31. The molecule has 0 fully saturated rings. The van der Waals surface area contributed by atoms with Gasteiger partial charge < -0.3 is 10.5 Å². The van der Waals surface area contributed by atoms with Crippen LogP contribution in [0.2, 0.25) is 0 Å². The highest BCUT2D eigenvalue weighted by Crippen LogP contribution is 2.39. The van der Waals surface area contributed by atoms with E-state index in [-0.39, 0.29) is 12.2 Å². The lowest BCUT2D eigenvalue weighted by Crippen LogP contribution is -2.53. The predicted molar refractivity (Wildman–Crippen MR) is 76.4 cm³/mol. The molecule has 1 atom stereocenters. The van der Waals surface area contributed by atoms with Crippen molar-refractivity contribution in [3.05, 3.63) is 34.1 Å². The zero-order chi connectivity index (χ0) is 14.8. The smallest absolute Gasteiger partial charge is 0.306 e. The minimum absolute atomic E-state index is 0.0143. The van der Waals surface area contributed by atoms with Crippen LogP contribution in [-0.4, -0.2) is 18.6 Å². The van der Waals surface area contributed by atoms with Crippen LogP contribution in [0.15, 0.2) is 22.7 Å². The maximum Gasteiger partial charge on any atom is 0.306 e. The van der Waals surface area contributed by atoms with E-state index in [1.54, 1.807) is 32.9 Å². The molecule has 0 saturated carbocycles. The molecular formula is C14H19BrFNO2. The summed E-state index contributed by atoms with van der Waals surface area (Å²) < 4.78 is 19.6. The second-order valence-corrected chi connectivity index (χ2v) is 6.35. The second-order valence-electron chi connectivity index (χ2n) is 5.43. The van der Waals surface area contributed by atoms with Gasteiger partial charge in [0, 0.05) is 15.4 Å². The summed E-state index contributed by atoms with van der Waals surface area (Å²) in [6.07, 6.45) is 0.0143. The van der Waals surface area contributed by atoms with Crippen molar-refractivity contribution >= 4 is 21.9 Å². The van der Waals surface area contributed by atoms with Crippen molar-refractivity contribution in [1.29, 1.82) is 0 Å². The summed E-state index contributed by atoms with van der Waals surface area (Å²) in [5.74, 6) is -0.798. The van der Waals surface area contributed by atoms with Crippen molar-refractivity contribution in [1.82, 2.24) is 0 Å². The molecule has 0 bridgehead atoms. The van der Waals surface area contributed by atoms with E-state index in [1.807, 2.05) is 0 Å². The van der Waals surface area contributed by atoms with Gasteiger partial charge in [0.05, 0.1) is 13.5 Å². The van der Waals surface area contributed by atoms with E-state index in [0.29, 0.717) is 5.56 Å². The largest absolute Gasteiger partial charge is 0.469 e. The monoisotopic (exact) mass is 331 g/mol. The highest BCUT2D eigenvalue weighted by Gasteiger charge is 2.43. The van der Waals surface area contributed by atoms with Gasteiger partial charge in [-0.05, 0) is 37.6 Å². The molecule has 2 N–H and O–H groups in total. The molecule has 1 aromatic carbocycles. The van der Waals surface area contributed by atoms with Crippen molar-refractivity contribution in [2.24, 2.45) is 5.73 Å². The Hall–Kier alpha value is -0.940. The van der Waals surface area contributed by atoms with Crippen LogP contribution < -0.4 is 5.73 Å². The normalized spacial score (nSPS) is 14.9. The molecule has 0 aliphatic heterocycles. The molecule has 0 aliphatic rings. The Bertz CT molecular complexity index is 485. The van der Waals surface area contributed by atoms with Crippen LogP contribution in [0.5, 0.6) is 0 Å². The van der Waals surface area contributed by atoms with Gasteiger partial charge in [-0.3, -0.25) is 4.79 Å². The third kappa shape index (κ3) is 3.34. The van der Waals surface area contributed by atoms with Crippen LogP contribution in [0.1, 0.15) is 32.8 Å². The van der Waals surface area contributed by atoms with Crippen LogP contribution in [-0.2, 0) is 14.9 Å². The number of carbonyl (C=O) groups excluding carboxylic acids is 1. The summed E-state index contributed by atoms with van der Waals surface area (Å²) in [5, 5.41) is 0. The fraction of sp³-hybridized carbons (Fsp3) is 0.500. The predicted octanol–water partition coefficient (Wildman–Crippen LogP) is 3.15. The number of rotatable bonds is 4. The summed E-state index contributed by atoms with van der Waals surface area (Å²) in [5.41, 5.74) is 4.92. The molecule has 1 unspecified atom stereocenters. The van der Waals surface area contributed by atoms with E-state index in [2.05, 4.69) is 15.9 Å². The number of esters is 1. The number of hydrogen-bond donors (Lipinski definition) is 1. The van der Waals surface area contributed by atoms with E-state index in [0.717, 1.165) is 4.47 Å². The number of ether oxygens (including phenoxy) is 1. The van der Waals surface area contributed by atoms with Crippen LogP contribution in [0.25, 0.3) is 0 Å². The van der Waals surface area contributed by atoms with Crippen LogP contribution >= 0.6 is 15.9 Å². The van der Waals surface area contributed by atoms with Gasteiger partial charge in [0.1, 0.15) is 5.82 Å². The number of methoxy groups -OCH3 is 1. The lowest BCUT2D eigenvalue weighted by molar-refractivity contribution is -0.142. The second kappa shape index (κ2) is 5.59. The van der Waals surface area contributed by atoms with E-state index >= 15 is 0 Å². The molecule has 0 amide bonds. The Morgan fingerprint density at radius 3 is 2.47 bits per heavy atom. The zero-order valence-corrected chi connectivity index (χ0v) is 13.2. The highest BCUT2D eigenvalue weighted by atomic mass is 79.9. The van der Waals surface area contributed by atoms with Gasteiger partial charge in [-0.2, -0.15) is 0 Å². The third-order valence-corrected chi connectivity index (χ3v) is 4.16. The van der Waals surface area contributed by atoms with Gasteiger partial charge in [0.2, 0.25) is 0 Å². The number of nitrogens with two attached hydrogens (primary N) is 1. The maximum absolute atomic E-state index is 14.1. The first-order chi connectivity index (χ1) is 8.61. The molecule has 0 saturated heterocycles. The Morgan fingerprint density at radius 2 is 2.00 bits per heavy atom. The first-order valence-electron chi connectivity index (χ1n) is 5.93. The van der Waals surface area contributed by atoms with E-state index < -0.39 is 16.9 Å². The van der Waals surface area contributed by atoms with Crippen molar-refractivity contribution in [3.63, 3.8) is 0 Å². The number of hydrogen-bond acceptors (Lipinski definition) is 3. The standard InChI is InChI=1S/C14H19BrFNO2/c1-13(2,17)14(3,8-12(18)19-4)10-7-9(15)5-6-11(10)16/h5-7H,8,17H2,1-4H3. The molecule has 0 radical (unpaired) electrons. The van der Waals surface area contributed by atoms with Gasteiger partial charge in [-0.25, -0.2) is 4.39 Å². The molecule has 0 aromatic heterocycles. The molecule has 0 heterocycles. The Labute approximate surface area is 121 Å². The van der Waals surface area contributed by atoms with E-state index in [9.17, 15) is 9.18 Å². The quantitative estimate of drug-likeness (QED) is 0.862. The lowest BCUT2D eigenvalue weighted by Gasteiger charge is -2.41. The Kier molecular flexibility index (Phi) is 4.74. The van der Waals surface area contributed by atoms with Gasteiger partial charge >= 0.3 is 5.97 Å². The molecule has 5 heteroatoms. The average molecular weight is 332 g/mol. The van der Waals surface area contributed by atoms with Gasteiger partial charge in [-0.1, -0.05) is 22.9 Å². The molecule has 106 valence electrons. The molecule has 1 aromatic rings. The summed E-state index contributed by atoms with van der Waals surface area (Å²) in [6.45, 7) is 5.32. The highest BCUT2D eigenvalue weighted by molar-refractivity contribution is 9.10. The van der Waals surface area contributed by atoms with Crippen molar-refractivity contribution in [2.45, 2.75) is 38.1 Å². The third-order valence-electron chi connectivity index (χ3n) is 3.67. The first-order valence-corrected chi connectivity index (χ1v) is 6.72.